The smallest absolute Gasteiger partial charge is 0.119 e. The van der Waals surface area contributed by atoms with Gasteiger partial charge in [0.15, 0.2) is 0 Å². The van der Waals surface area contributed by atoms with E-state index in [1.165, 1.54) is 12.8 Å². The molecule has 1 saturated carbocycles. The Hall–Kier alpha value is -0.730. The SMILES string of the molecule is Cc1cc(OCCNC2CC2)ccc1Cl. The van der Waals surface area contributed by atoms with Crippen LogP contribution in [0.1, 0.15) is 18.4 Å². The normalized spacial score (nSPS) is 15.3. The minimum Gasteiger partial charge on any atom is -0.492 e. The molecule has 0 saturated heterocycles. The average Bonchev–Trinajstić information content (AvgIpc) is 3.02. The molecule has 15 heavy (non-hydrogen) atoms. The Bertz CT molecular complexity index is 336. The van der Waals surface area contributed by atoms with Crippen LogP contribution in [0.3, 0.4) is 0 Å². The summed E-state index contributed by atoms with van der Waals surface area (Å²) in [5, 5.41) is 4.19. The lowest BCUT2D eigenvalue weighted by atomic mass is 10.2. The summed E-state index contributed by atoms with van der Waals surface area (Å²) in [6.45, 7) is 3.63. The number of rotatable bonds is 5. The lowest BCUT2D eigenvalue weighted by molar-refractivity contribution is 0.313. The van der Waals surface area contributed by atoms with E-state index in [0.29, 0.717) is 0 Å². The number of halogens is 1. The van der Waals surface area contributed by atoms with Gasteiger partial charge in [-0.25, -0.2) is 0 Å². The van der Waals surface area contributed by atoms with E-state index in [1.54, 1.807) is 0 Å². The van der Waals surface area contributed by atoms with E-state index in [-0.39, 0.29) is 0 Å². The molecule has 0 atom stereocenters. The molecule has 1 aromatic rings. The van der Waals surface area contributed by atoms with Crippen molar-refractivity contribution in [3.63, 3.8) is 0 Å². The second kappa shape index (κ2) is 4.86. The molecule has 2 nitrogen and oxygen atoms in total. The van der Waals surface area contributed by atoms with Crippen molar-refractivity contribution in [2.45, 2.75) is 25.8 Å². The number of hydrogen-bond donors (Lipinski definition) is 1. The molecule has 82 valence electrons. The van der Waals surface area contributed by atoms with E-state index < -0.39 is 0 Å². The number of hydrogen-bond acceptors (Lipinski definition) is 2. The highest BCUT2D eigenvalue weighted by Crippen LogP contribution is 2.21. The fraction of sp³-hybridized carbons (Fsp3) is 0.500. The lowest BCUT2D eigenvalue weighted by Gasteiger charge is -2.08. The van der Waals surface area contributed by atoms with Crippen LogP contribution in [0.4, 0.5) is 0 Å². The van der Waals surface area contributed by atoms with Crippen LogP contribution in [0, 0.1) is 6.92 Å². The predicted molar refractivity (Wildman–Crippen MR) is 62.7 cm³/mol. The van der Waals surface area contributed by atoms with Gasteiger partial charge in [0, 0.05) is 17.6 Å². The van der Waals surface area contributed by atoms with Gasteiger partial charge in [-0.05, 0) is 43.5 Å². The van der Waals surface area contributed by atoms with Gasteiger partial charge >= 0.3 is 0 Å². The van der Waals surface area contributed by atoms with E-state index in [4.69, 9.17) is 16.3 Å². The monoisotopic (exact) mass is 225 g/mol. The van der Waals surface area contributed by atoms with E-state index >= 15 is 0 Å². The Kier molecular flexibility index (Phi) is 3.49. The highest BCUT2D eigenvalue weighted by atomic mass is 35.5. The molecule has 0 heterocycles. The van der Waals surface area contributed by atoms with Crippen LogP contribution in [0.15, 0.2) is 18.2 Å². The zero-order valence-corrected chi connectivity index (χ0v) is 9.68. The maximum atomic E-state index is 5.92. The van der Waals surface area contributed by atoms with Crippen molar-refractivity contribution in [3.05, 3.63) is 28.8 Å². The van der Waals surface area contributed by atoms with Crippen LogP contribution in [0.25, 0.3) is 0 Å². The number of benzene rings is 1. The summed E-state index contributed by atoms with van der Waals surface area (Å²) < 4.78 is 5.60. The second-order valence-corrected chi connectivity index (χ2v) is 4.40. The van der Waals surface area contributed by atoms with Gasteiger partial charge in [0.25, 0.3) is 0 Å². The third kappa shape index (κ3) is 3.40. The molecule has 0 aromatic heterocycles. The van der Waals surface area contributed by atoms with Crippen LogP contribution in [0.5, 0.6) is 5.75 Å². The fourth-order valence-corrected chi connectivity index (χ4v) is 1.54. The number of ether oxygens (including phenoxy) is 1. The molecule has 0 unspecified atom stereocenters. The van der Waals surface area contributed by atoms with Gasteiger partial charge < -0.3 is 10.1 Å². The average molecular weight is 226 g/mol. The molecule has 1 aliphatic rings. The Morgan fingerprint density at radius 1 is 1.47 bits per heavy atom. The van der Waals surface area contributed by atoms with Gasteiger partial charge in [-0.15, -0.1) is 0 Å². The van der Waals surface area contributed by atoms with Gasteiger partial charge in [0.1, 0.15) is 12.4 Å². The zero-order chi connectivity index (χ0) is 10.7. The maximum absolute atomic E-state index is 5.92. The topological polar surface area (TPSA) is 21.3 Å². The molecule has 1 aromatic carbocycles. The summed E-state index contributed by atoms with van der Waals surface area (Å²) >= 11 is 5.92. The minimum atomic E-state index is 0.720. The number of aryl methyl sites for hydroxylation is 1. The van der Waals surface area contributed by atoms with Gasteiger partial charge in [0.05, 0.1) is 0 Å². The first-order valence-corrected chi connectivity index (χ1v) is 5.76. The van der Waals surface area contributed by atoms with Crippen molar-refractivity contribution in [1.29, 1.82) is 0 Å². The van der Waals surface area contributed by atoms with Gasteiger partial charge in [0.2, 0.25) is 0 Å². The van der Waals surface area contributed by atoms with Gasteiger partial charge in [-0.3, -0.25) is 0 Å². The third-order valence-electron chi connectivity index (χ3n) is 2.51. The second-order valence-electron chi connectivity index (χ2n) is 3.99. The molecular weight excluding hydrogens is 210 g/mol. The Balaban J connectivity index is 1.74. The first-order chi connectivity index (χ1) is 7.25. The molecule has 1 N–H and O–H groups in total. The third-order valence-corrected chi connectivity index (χ3v) is 2.93. The highest BCUT2D eigenvalue weighted by molar-refractivity contribution is 6.31. The van der Waals surface area contributed by atoms with Crippen molar-refractivity contribution in [2.75, 3.05) is 13.2 Å². The molecular formula is C12H16ClNO. The molecule has 1 fully saturated rings. The van der Waals surface area contributed by atoms with Gasteiger partial charge in [-0.2, -0.15) is 0 Å². The van der Waals surface area contributed by atoms with Crippen LogP contribution < -0.4 is 10.1 Å². The van der Waals surface area contributed by atoms with Crippen LogP contribution >= 0.6 is 11.6 Å². The summed E-state index contributed by atoms with van der Waals surface area (Å²) in [7, 11) is 0. The summed E-state index contributed by atoms with van der Waals surface area (Å²) in [4.78, 5) is 0. The first kappa shape index (κ1) is 10.8. The van der Waals surface area contributed by atoms with E-state index in [0.717, 1.165) is 35.5 Å². The van der Waals surface area contributed by atoms with Crippen LogP contribution in [-0.4, -0.2) is 19.2 Å². The van der Waals surface area contributed by atoms with E-state index in [1.807, 2.05) is 25.1 Å². The molecule has 2 rings (SSSR count). The molecule has 3 heteroatoms. The van der Waals surface area contributed by atoms with Crippen molar-refractivity contribution in [1.82, 2.24) is 5.32 Å². The van der Waals surface area contributed by atoms with Gasteiger partial charge in [-0.1, -0.05) is 11.6 Å². The first-order valence-electron chi connectivity index (χ1n) is 5.38. The van der Waals surface area contributed by atoms with E-state index in [9.17, 15) is 0 Å². The summed E-state index contributed by atoms with van der Waals surface area (Å²) in [5.41, 5.74) is 1.06. The van der Waals surface area contributed by atoms with Crippen molar-refractivity contribution >= 4 is 11.6 Å². The minimum absolute atomic E-state index is 0.720. The fourth-order valence-electron chi connectivity index (χ4n) is 1.43. The van der Waals surface area contributed by atoms with E-state index in [2.05, 4.69) is 5.32 Å². The molecule has 0 spiro atoms. The Morgan fingerprint density at radius 2 is 2.27 bits per heavy atom. The zero-order valence-electron chi connectivity index (χ0n) is 8.92. The van der Waals surface area contributed by atoms with Crippen LogP contribution in [0.2, 0.25) is 5.02 Å². The van der Waals surface area contributed by atoms with Crippen molar-refractivity contribution < 1.29 is 4.74 Å². The largest absolute Gasteiger partial charge is 0.492 e. The number of nitrogens with one attached hydrogen (secondary N) is 1. The quantitative estimate of drug-likeness (QED) is 0.779. The Labute approximate surface area is 95.6 Å². The molecule has 0 amide bonds. The summed E-state index contributed by atoms with van der Waals surface area (Å²) in [5.74, 6) is 0.898. The van der Waals surface area contributed by atoms with Crippen LogP contribution in [-0.2, 0) is 0 Å². The predicted octanol–water partition coefficient (Wildman–Crippen LogP) is 2.78. The lowest BCUT2D eigenvalue weighted by Crippen LogP contribution is -2.22. The maximum Gasteiger partial charge on any atom is 0.119 e. The standard InChI is InChI=1S/C12H16ClNO/c1-9-8-11(4-5-12(9)13)15-7-6-14-10-2-3-10/h4-5,8,10,14H,2-3,6-7H2,1H3. The molecule has 1 aliphatic carbocycles. The highest BCUT2D eigenvalue weighted by Gasteiger charge is 2.19. The molecule has 0 aliphatic heterocycles. The van der Waals surface area contributed by atoms with Crippen molar-refractivity contribution in [3.8, 4) is 5.75 Å². The summed E-state index contributed by atoms with van der Waals surface area (Å²) in [6.07, 6.45) is 2.64. The summed E-state index contributed by atoms with van der Waals surface area (Å²) in [6, 6.07) is 6.51. The molecule has 0 bridgehead atoms. The Morgan fingerprint density at radius 3 is 2.93 bits per heavy atom. The molecule has 0 radical (unpaired) electrons. The van der Waals surface area contributed by atoms with Crippen molar-refractivity contribution in [2.24, 2.45) is 0 Å².